The van der Waals surface area contributed by atoms with Gasteiger partial charge in [0.25, 0.3) is 0 Å². The first-order valence-electron chi connectivity index (χ1n) is 16.7. The Morgan fingerprint density at radius 2 is 1.94 bits per heavy atom. The van der Waals surface area contributed by atoms with Crippen molar-refractivity contribution in [1.29, 1.82) is 0 Å². The van der Waals surface area contributed by atoms with Gasteiger partial charge in [0.05, 0.1) is 10.9 Å². The molecule has 252 valence electrons. The zero-order valence-electron chi connectivity index (χ0n) is 27.4. The van der Waals surface area contributed by atoms with Gasteiger partial charge in [0.2, 0.25) is 5.91 Å². The number of likely N-dealkylation sites (N-methyl/N-ethyl adjacent to an activating group) is 1. The number of nitrogens with zero attached hydrogens (tertiary/aromatic N) is 8. The highest BCUT2D eigenvalue weighted by atomic mass is 35.5. The number of hydrogen-bond acceptors (Lipinski definition) is 10. The quantitative estimate of drug-likeness (QED) is 0.167. The average Bonchev–Trinajstić information content (AvgIpc) is 3.91. The van der Waals surface area contributed by atoms with Gasteiger partial charge in [-0.15, -0.1) is 0 Å². The predicted octanol–water partition coefficient (Wildman–Crippen LogP) is 6.56. The van der Waals surface area contributed by atoms with E-state index in [1.807, 2.05) is 54.1 Å². The Bertz CT molecular complexity index is 2090. The largest absolute Gasteiger partial charge is 0.461 e. The molecule has 1 amide bonds. The molecule has 3 aromatic heterocycles. The predicted molar refractivity (Wildman–Crippen MR) is 191 cm³/mol. The molecule has 6 heterocycles. The average molecular weight is 699 g/mol. The Hall–Kier alpha value is -4.26. The van der Waals surface area contributed by atoms with Gasteiger partial charge in [0, 0.05) is 54.4 Å². The van der Waals surface area contributed by atoms with Crippen molar-refractivity contribution in [1.82, 2.24) is 34.1 Å². The first-order valence-corrected chi connectivity index (χ1v) is 17.9. The van der Waals surface area contributed by atoms with Gasteiger partial charge in [-0.3, -0.25) is 14.7 Å². The Balaban J connectivity index is 1.14. The lowest BCUT2D eigenvalue weighted by Crippen LogP contribution is -2.43. The van der Waals surface area contributed by atoms with Crippen molar-refractivity contribution in [3.05, 3.63) is 70.3 Å². The molecule has 13 heteroatoms. The van der Waals surface area contributed by atoms with E-state index in [2.05, 4.69) is 19.2 Å². The summed E-state index contributed by atoms with van der Waals surface area (Å²) in [7, 11) is 1.93. The van der Waals surface area contributed by atoms with Crippen LogP contribution in [0.1, 0.15) is 42.9 Å². The summed E-state index contributed by atoms with van der Waals surface area (Å²) in [5.74, 6) is 0.542. The number of halogens is 2. The highest BCUT2D eigenvalue weighted by molar-refractivity contribution is 7.06. The van der Waals surface area contributed by atoms with Gasteiger partial charge in [-0.05, 0) is 81.2 Å². The minimum Gasteiger partial charge on any atom is -0.461 e. The molecule has 0 radical (unpaired) electrons. The molecule has 5 aromatic rings. The number of aromatic nitrogens is 5. The van der Waals surface area contributed by atoms with E-state index >= 15 is 4.39 Å². The lowest BCUT2D eigenvalue weighted by Gasteiger charge is -2.31. The van der Waals surface area contributed by atoms with Gasteiger partial charge in [0.1, 0.15) is 34.5 Å². The summed E-state index contributed by atoms with van der Waals surface area (Å²) in [6, 6.07) is 11.3. The fourth-order valence-electron chi connectivity index (χ4n) is 7.76. The van der Waals surface area contributed by atoms with Crippen LogP contribution in [0.25, 0.3) is 39.0 Å². The number of rotatable bonds is 8. The molecule has 3 fully saturated rings. The summed E-state index contributed by atoms with van der Waals surface area (Å²) in [4.78, 5) is 38.0. The summed E-state index contributed by atoms with van der Waals surface area (Å²) in [5.41, 5.74) is 0.857. The number of ether oxygens (including phenoxy) is 1. The summed E-state index contributed by atoms with van der Waals surface area (Å²) in [6.07, 6.45) is 10.0. The van der Waals surface area contributed by atoms with E-state index in [9.17, 15) is 4.79 Å². The Kier molecular flexibility index (Phi) is 8.41. The standard InChI is InChI=1S/C36H36ClFN8O2S/c1-22-40-28(49-43-22)11-12-29(47)45-18-13-24(20-45)44(2)34-26-19-39-32(25-9-3-7-23-8-4-10-27(37)30(23)25)31(38)33(26)41-35(42-34)48-21-36-14-5-16-46(36)17-6-15-36/h3-4,7-12,19,24H,5-6,13-18,20-21H2,1-2H3/b12-11+. The molecular weight excluding hydrogens is 663 g/mol. The van der Waals surface area contributed by atoms with Gasteiger partial charge < -0.3 is 14.5 Å². The monoisotopic (exact) mass is 698 g/mol. The molecule has 3 aliphatic rings. The highest BCUT2D eigenvalue weighted by Gasteiger charge is 2.45. The van der Waals surface area contributed by atoms with E-state index in [4.69, 9.17) is 26.3 Å². The molecule has 2 aromatic carbocycles. The van der Waals surface area contributed by atoms with Crippen molar-refractivity contribution < 1.29 is 13.9 Å². The van der Waals surface area contributed by atoms with Crippen molar-refractivity contribution in [3.8, 4) is 17.3 Å². The number of carbonyl (C=O) groups is 1. The van der Waals surface area contributed by atoms with Crippen LogP contribution in [0.4, 0.5) is 10.2 Å². The second-order valence-electron chi connectivity index (χ2n) is 13.2. The number of benzene rings is 2. The summed E-state index contributed by atoms with van der Waals surface area (Å²) >= 11 is 7.90. The van der Waals surface area contributed by atoms with E-state index in [0.29, 0.717) is 52.3 Å². The Morgan fingerprint density at radius 1 is 1.14 bits per heavy atom. The van der Waals surface area contributed by atoms with Crippen LogP contribution < -0.4 is 9.64 Å². The van der Waals surface area contributed by atoms with Crippen LogP contribution in [0, 0.1) is 12.7 Å². The van der Waals surface area contributed by atoms with Crippen LogP contribution in [0.2, 0.25) is 5.02 Å². The van der Waals surface area contributed by atoms with Crippen molar-refractivity contribution in [3.63, 3.8) is 0 Å². The zero-order chi connectivity index (χ0) is 33.7. The number of hydrogen-bond donors (Lipinski definition) is 0. The maximum atomic E-state index is 16.8. The van der Waals surface area contributed by atoms with Gasteiger partial charge >= 0.3 is 6.01 Å². The van der Waals surface area contributed by atoms with Crippen molar-refractivity contribution in [2.75, 3.05) is 44.7 Å². The summed E-state index contributed by atoms with van der Waals surface area (Å²) in [6.45, 7) is 5.47. The van der Waals surface area contributed by atoms with Gasteiger partial charge in [-0.2, -0.15) is 14.3 Å². The molecular formula is C36H36ClFN8O2S. The van der Waals surface area contributed by atoms with Gasteiger partial charge in [-0.25, -0.2) is 9.37 Å². The fourth-order valence-corrected chi connectivity index (χ4v) is 8.61. The van der Waals surface area contributed by atoms with Crippen LogP contribution in [0.3, 0.4) is 0 Å². The molecule has 0 aliphatic carbocycles. The minimum absolute atomic E-state index is 0.0285. The van der Waals surface area contributed by atoms with Crippen LogP contribution >= 0.6 is 23.1 Å². The van der Waals surface area contributed by atoms with E-state index in [1.54, 1.807) is 24.4 Å². The molecule has 0 saturated carbocycles. The second-order valence-corrected chi connectivity index (χ2v) is 14.4. The third-order valence-electron chi connectivity index (χ3n) is 10.3. The molecule has 0 spiro atoms. The number of carbonyl (C=O) groups excluding carboxylic acids is 1. The molecule has 3 aliphatic heterocycles. The number of aryl methyl sites for hydroxylation is 1. The maximum Gasteiger partial charge on any atom is 0.319 e. The smallest absolute Gasteiger partial charge is 0.319 e. The zero-order valence-corrected chi connectivity index (χ0v) is 29.0. The molecule has 3 saturated heterocycles. The molecule has 1 unspecified atom stereocenters. The SMILES string of the molecule is Cc1nsc(/C=C/C(=O)N2CCC(N(C)c3nc(OCC45CCCN4CCC5)nc4c(F)c(-c5cccc6cccc(Cl)c56)ncc34)C2)n1. The molecule has 0 bridgehead atoms. The normalized spacial score (nSPS) is 19.0. The topological polar surface area (TPSA) is 100 Å². The number of amides is 1. The van der Waals surface area contributed by atoms with Gasteiger partial charge in [-0.1, -0.05) is 41.9 Å². The number of likely N-dealkylation sites (tertiary alicyclic amines) is 1. The molecule has 10 nitrogen and oxygen atoms in total. The number of pyridine rings is 1. The Labute approximate surface area is 292 Å². The van der Waals surface area contributed by atoms with E-state index < -0.39 is 5.82 Å². The first kappa shape index (κ1) is 32.0. The third kappa shape index (κ3) is 5.89. The van der Waals surface area contributed by atoms with Crippen molar-refractivity contribution >= 4 is 62.6 Å². The van der Waals surface area contributed by atoms with Gasteiger partial charge in [0.15, 0.2) is 5.82 Å². The molecule has 8 rings (SSSR count). The highest BCUT2D eigenvalue weighted by Crippen LogP contribution is 2.40. The van der Waals surface area contributed by atoms with Crippen LogP contribution in [-0.2, 0) is 4.79 Å². The van der Waals surface area contributed by atoms with Crippen LogP contribution in [-0.4, -0.2) is 91.4 Å². The number of fused-ring (bicyclic) bond motifs is 3. The molecule has 49 heavy (non-hydrogen) atoms. The van der Waals surface area contributed by atoms with Crippen molar-refractivity contribution in [2.45, 2.75) is 50.6 Å². The molecule has 0 N–H and O–H groups in total. The fraction of sp³-hybridized carbons (Fsp3) is 0.389. The second kappa shape index (κ2) is 12.9. The Morgan fingerprint density at radius 3 is 2.71 bits per heavy atom. The van der Waals surface area contributed by atoms with E-state index in [0.717, 1.165) is 56.0 Å². The first-order chi connectivity index (χ1) is 23.8. The third-order valence-corrected chi connectivity index (χ3v) is 11.4. The van der Waals surface area contributed by atoms with Crippen LogP contribution in [0.15, 0.2) is 48.7 Å². The summed E-state index contributed by atoms with van der Waals surface area (Å²) in [5, 5.41) is 3.31. The maximum absolute atomic E-state index is 16.8. The minimum atomic E-state index is -0.561. The van der Waals surface area contributed by atoms with Crippen LogP contribution in [0.5, 0.6) is 6.01 Å². The lowest BCUT2D eigenvalue weighted by molar-refractivity contribution is -0.124. The van der Waals surface area contributed by atoms with E-state index in [1.165, 1.54) is 11.5 Å². The van der Waals surface area contributed by atoms with Crippen molar-refractivity contribution in [2.24, 2.45) is 0 Å². The molecule has 1 atom stereocenters. The number of anilines is 1. The van der Waals surface area contributed by atoms with E-state index in [-0.39, 0.29) is 34.7 Å². The summed E-state index contributed by atoms with van der Waals surface area (Å²) < 4.78 is 27.4. The lowest BCUT2D eigenvalue weighted by atomic mass is 9.95.